The molecule has 0 radical (unpaired) electrons. The zero-order valence-electron chi connectivity index (χ0n) is 21.3. The molecule has 11 nitrogen and oxygen atoms in total. The number of nitrogens with zero attached hydrogens (tertiary/aromatic N) is 5. The van der Waals surface area contributed by atoms with Crippen molar-refractivity contribution >= 4 is 23.3 Å². The van der Waals surface area contributed by atoms with Crippen LogP contribution in [0.4, 0.5) is 10.5 Å². The molecule has 0 aromatic carbocycles. The summed E-state index contributed by atoms with van der Waals surface area (Å²) in [6.45, 7) is 6.38. The summed E-state index contributed by atoms with van der Waals surface area (Å²) >= 11 is 6.87. The fraction of sp³-hybridized carbons (Fsp3) is 0.640. The minimum Gasteiger partial charge on any atom is -0.475 e. The van der Waals surface area contributed by atoms with Gasteiger partial charge in [-0.05, 0) is 32.8 Å². The Bertz CT molecular complexity index is 1150. The van der Waals surface area contributed by atoms with E-state index in [9.17, 15) is 4.79 Å². The van der Waals surface area contributed by atoms with Crippen LogP contribution in [0.15, 0.2) is 30.7 Å². The van der Waals surface area contributed by atoms with Gasteiger partial charge < -0.3 is 24.4 Å². The summed E-state index contributed by atoms with van der Waals surface area (Å²) in [5, 5.41) is 11.0. The van der Waals surface area contributed by atoms with E-state index >= 15 is 0 Å². The molecule has 2 aromatic rings. The van der Waals surface area contributed by atoms with Gasteiger partial charge in [0.1, 0.15) is 18.9 Å². The number of urea groups is 1. The molecule has 7 atom stereocenters. The van der Waals surface area contributed by atoms with Crippen molar-refractivity contribution in [3.8, 4) is 5.88 Å². The van der Waals surface area contributed by atoms with Crippen molar-refractivity contribution in [3.05, 3.63) is 36.3 Å². The number of carbonyl (C=O) groups excluding carboxylic acids is 1. The molecular weight excluding hydrogens is 498 g/mol. The maximum atomic E-state index is 13.7. The first-order valence-electron chi connectivity index (χ1n) is 12.9. The molecule has 5 unspecified atom stereocenters. The fourth-order valence-electron chi connectivity index (χ4n) is 6.01. The molecule has 6 rings (SSSR count). The first kappa shape index (κ1) is 24.9. The van der Waals surface area contributed by atoms with Gasteiger partial charge in [0.2, 0.25) is 5.88 Å². The normalized spacial score (nSPS) is 34.3. The average molecular weight is 532 g/mol. The molecule has 2 N–H and O–H groups in total. The van der Waals surface area contributed by atoms with Crippen molar-refractivity contribution in [3.63, 3.8) is 0 Å². The number of ether oxygens (including phenoxy) is 3. The highest BCUT2D eigenvalue weighted by Gasteiger charge is 2.51. The molecule has 4 aliphatic rings. The number of halogens is 1. The van der Waals surface area contributed by atoms with E-state index in [1.165, 1.54) is 0 Å². The molecule has 0 aliphatic carbocycles. The van der Waals surface area contributed by atoms with E-state index < -0.39 is 5.79 Å². The summed E-state index contributed by atoms with van der Waals surface area (Å²) in [4.78, 5) is 22.4. The van der Waals surface area contributed by atoms with Crippen molar-refractivity contribution in [1.29, 1.82) is 0 Å². The second kappa shape index (κ2) is 9.70. The fourth-order valence-corrected chi connectivity index (χ4v) is 6.41. The minimum atomic E-state index is -0.605. The number of carbonyl (C=O) groups is 1. The number of hydrogen-bond acceptors (Lipinski definition) is 8. The Labute approximate surface area is 221 Å². The van der Waals surface area contributed by atoms with Gasteiger partial charge in [-0.3, -0.25) is 14.9 Å². The van der Waals surface area contributed by atoms with Crippen LogP contribution in [-0.2, 0) is 16.5 Å². The molecule has 0 spiro atoms. The van der Waals surface area contributed by atoms with E-state index in [0.717, 1.165) is 31.5 Å². The Hall–Kier alpha value is -2.44. The lowest BCUT2D eigenvalue weighted by atomic mass is 9.90. The molecule has 12 heteroatoms. The van der Waals surface area contributed by atoms with Gasteiger partial charge in [0.15, 0.2) is 5.79 Å². The zero-order valence-corrected chi connectivity index (χ0v) is 22.1. The Balaban J connectivity index is 1.15. The quantitative estimate of drug-likeness (QED) is 0.566. The predicted molar refractivity (Wildman–Crippen MR) is 136 cm³/mol. The Morgan fingerprint density at radius 1 is 1.41 bits per heavy atom. The van der Waals surface area contributed by atoms with Gasteiger partial charge in [-0.1, -0.05) is 0 Å². The minimum absolute atomic E-state index is 0.0849. The molecule has 200 valence electrons. The van der Waals surface area contributed by atoms with E-state index in [0.29, 0.717) is 24.8 Å². The average Bonchev–Trinajstić information content (AvgIpc) is 3.57. The SMILES string of the molecule is Cn1cc(C2NC3C(CC2Cl)N2CC[C@@H](C2)N3C(=O)Nc2ccnc(OC[C@@H]3COC(C)(C)O3)c2)cn1. The summed E-state index contributed by atoms with van der Waals surface area (Å²) in [6.07, 6.45) is 6.88. The molecule has 37 heavy (non-hydrogen) atoms. The number of alkyl halides is 1. The first-order chi connectivity index (χ1) is 17.8. The Kier molecular flexibility index (Phi) is 6.52. The monoisotopic (exact) mass is 531 g/mol. The van der Waals surface area contributed by atoms with E-state index in [4.69, 9.17) is 25.8 Å². The van der Waals surface area contributed by atoms with Gasteiger partial charge in [0.25, 0.3) is 0 Å². The topological polar surface area (TPSA) is 106 Å². The number of pyridine rings is 1. The standard InChI is InChI=1S/C25H34ClN7O4/c1-25(2)36-14-18(37-25)13-35-21-8-16(4-6-27-21)29-24(34)33-17-5-7-32(12-17)20-9-19(26)22(30-23(20)33)15-10-28-31(3)11-15/h4,6,8,10-11,17-20,22-23,30H,5,7,9,12-14H2,1-3H3,(H,27,29,34)/t17-,18+,19?,20?,22?,23?/m0/s1. The second-order valence-electron chi connectivity index (χ2n) is 10.8. The number of nitrogens with one attached hydrogen (secondary N) is 2. The molecule has 4 aliphatic heterocycles. The summed E-state index contributed by atoms with van der Waals surface area (Å²) in [6, 6.07) is 3.58. The number of fused-ring (bicyclic) bond motifs is 4. The molecule has 4 fully saturated rings. The van der Waals surface area contributed by atoms with E-state index in [2.05, 4.69) is 25.6 Å². The van der Waals surface area contributed by atoms with Crippen LogP contribution in [0.3, 0.4) is 0 Å². The molecular formula is C25H34ClN7O4. The number of anilines is 1. The van der Waals surface area contributed by atoms with Crippen LogP contribution in [0.25, 0.3) is 0 Å². The maximum absolute atomic E-state index is 13.7. The summed E-state index contributed by atoms with van der Waals surface area (Å²) in [5.74, 6) is -0.182. The van der Waals surface area contributed by atoms with Crippen molar-refractivity contribution < 1.29 is 19.0 Å². The van der Waals surface area contributed by atoms with E-state index in [1.54, 1.807) is 23.0 Å². The van der Waals surface area contributed by atoms with E-state index in [-0.39, 0.29) is 41.8 Å². The number of aryl methyl sites for hydroxylation is 1. The van der Waals surface area contributed by atoms with Gasteiger partial charge in [0, 0.05) is 61.9 Å². The molecule has 4 saturated heterocycles. The van der Waals surface area contributed by atoms with Crippen molar-refractivity contribution in [2.75, 3.05) is 31.6 Å². The Morgan fingerprint density at radius 3 is 3.03 bits per heavy atom. The molecule has 2 aromatic heterocycles. The highest BCUT2D eigenvalue weighted by molar-refractivity contribution is 6.21. The van der Waals surface area contributed by atoms with Gasteiger partial charge in [-0.25, -0.2) is 9.78 Å². The lowest BCUT2D eigenvalue weighted by Crippen LogP contribution is -2.70. The number of piperidine rings is 1. The number of amides is 2. The van der Waals surface area contributed by atoms with Crippen LogP contribution in [0.5, 0.6) is 5.88 Å². The van der Waals surface area contributed by atoms with Crippen LogP contribution in [-0.4, -0.2) is 92.4 Å². The molecule has 2 bridgehead atoms. The number of aromatic nitrogens is 3. The lowest BCUT2D eigenvalue weighted by Gasteiger charge is -2.52. The Morgan fingerprint density at radius 2 is 2.27 bits per heavy atom. The third kappa shape index (κ3) is 5.03. The number of hydrogen-bond donors (Lipinski definition) is 2. The highest BCUT2D eigenvalue weighted by atomic mass is 35.5. The van der Waals surface area contributed by atoms with Gasteiger partial charge >= 0.3 is 6.03 Å². The van der Waals surface area contributed by atoms with Gasteiger partial charge in [0.05, 0.1) is 24.2 Å². The summed E-state index contributed by atoms with van der Waals surface area (Å²) in [5.41, 5.74) is 1.66. The smallest absolute Gasteiger partial charge is 0.323 e. The summed E-state index contributed by atoms with van der Waals surface area (Å²) in [7, 11) is 1.90. The van der Waals surface area contributed by atoms with Crippen LogP contribution >= 0.6 is 11.6 Å². The number of piperazine rings is 1. The predicted octanol–water partition coefficient (Wildman–Crippen LogP) is 2.30. The van der Waals surface area contributed by atoms with E-state index in [1.807, 2.05) is 38.2 Å². The number of rotatable bonds is 5. The van der Waals surface area contributed by atoms with Gasteiger partial charge in [-0.2, -0.15) is 5.10 Å². The largest absolute Gasteiger partial charge is 0.475 e. The molecule has 2 amide bonds. The molecule has 0 saturated carbocycles. The summed E-state index contributed by atoms with van der Waals surface area (Å²) < 4.78 is 19.0. The lowest BCUT2D eigenvalue weighted by molar-refractivity contribution is -0.141. The van der Waals surface area contributed by atoms with Crippen LogP contribution < -0.4 is 15.4 Å². The highest BCUT2D eigenvalue weighted by Crippen LogP contribution is 2.39. The third-order valence-electron chi connectivity index (χ3n) is 7.69. The van der Waals surface area contributed by atoms with Gasteiger partial charge in [-0.15, -0.1) is 11.6 Å². The molecule has 6 heterocycles. The maximum Gasteiger partial charge on any atom is 0.323 e. The van der Waals surface area contributed by atoms with Crippen LogP contribution in [0.1, 0.15) is 38.3 Å². The van der Waals surface area contributed by atoms with Crippen molar-refractivity contribution in [2.45, 2.75) is 68.2 Å². The second-order valence-corrected chi connectivity index (χ2v) is 11.3. The zero-order chi connectivity index (χ0) is 25.7. The first-order valence-corrected chi connectivity index (χ1v) is 13.3. The third-order valence-corrected chi connectivity index (χ3v) is 8.12. The van der Waals surface area contributed by atoms with Crippen molar-refractivity contribution in [1.82, 2.24) is 29.9 Å². The van der Waals surface area contributed by atoms with Crippen LogP contribution in [0.2, 0.25) is 0 Å². The van der Waals surface area contributed by atoms with Crippen molar-refractivity contribution in [2.24, 2.45) is 7.05 Å². The van der Waals surface area contributed by atoms with Crippen LogP contribution in [0, 0.1) is 0 Å².